The zero-order valence-electron chi connectivity index (χ0n) is 6.10. The molecular weight excluding hydrogens is 184 g/mol. The van der Waals surface area contributed by atoms with Crippen LogP contribution in [0.2, 0.25) is 0 Å². The van der Waals surface area contributed by atoms with Gasteiger partial charge in [0.1, 0.15) is 0 Å². The van der Waals surface area contributed by atoms with Gasteiger partial charge in [-0.25, -0.2) is 4.79 Å². The van der Waals surface area contributed by atoms with Crippen molar-refractivity contribution in [2.24, 2.45) is 0 Å². The fourth-order valence-corrected chi connectivity index (χ4v) is 1.08. The molecule has 0 aliphatic carbocycles. The predicted molar refractivity (Wildman–Crippen MR) is 42.1 cm³/mol. The second-order valence-corrected chi connectivity index (χ2v) is 3.22. The molecule has 0 saturated carbocycles. The summed E-state index contributed by atoms with van der Waals surface area (Å²) in [4.78, 5) is 10.3. The predicted octanol–water partition coefficient (Wildman–Crippen LogP) is 0.419. The molecule has 0 aromatic carbocycles. The second-order valence-electron chi connectivity index (χ2n) is 1.96. The fraction of sp³-hybridized carbons (Fsp3) is 0.167. The highest BCUT2D eigenvalue weighted by Gasteiger charge is 2.09. The maximum absolute atomic E-state index is 10.3. The van der Waals surface area contributed by atoms with Crippen LogP contribution in [0.4, 0.5) is 0 Å². The molecule has 0 unspecified atom stereocenters. The molecule has 0 aliphatic rings. The lowest BCUT2D eigenvalue weighted by Gasteiger charge is -1.94. The normalized spacial score (nSPS) is 12.6. The molecule has 5 nitrogen and oxygen atoms in total. The Kier molecular flexibility index (Phi) is 3.65. The lowest BCUT2D eigenvalue weighted by Crippen LogP contribution is -2.03. The summed E-state index contributed by atoms with van der Waals surface area (Å²) in [6.07, 6.45) is 1.11. The Balaban J connectivity index is 4.86. The molecule has 68 valence electrons. The van der Waals surface area contributed by atoms with Crippen LogP contribution in [0.1, 0.15) is 6.42 Å². The highest BCUT2D eigenvalue weighted by Crippen LogP contribution is 2.04. The molecule has 0 heterocycles. The monoisotopic (exact) mass is 192 g/mol. The van der Waals surface area contributed by atoms with Gasteiger partial charge >= 0.3 is 5.97 Å². The van der Waals surface area contributed by atoms with Crippen LogP contribution in [0, 0.1) is 0 Å². The Hall–Kier alpha value is -1.14. The van der Waals surface area contributed by atoms with Gasteiger partial charge in [-0.2, -0.15) is 8.42 Å². The zero-order valence-corrected chi connectivity index (χ0v) is 6.91. The molecule has 0 bridgehead atoms. The minimum atomic E-state index is -4.38. The third-order valence-corrected chi connectivity index (χ3v) is 1.51. The first-order valence-electron chi connectivity index (χ1n) is 2.89. The summed E-state index contributed by atoms with van der Waals surface area (Å²) in [6, 6.07) is 0. The smallest absolute Gasteiger partial charge is 0.332 e. The number of carboxylic acids is 1. The fourth-order valence-electron chi connectivity index (χ4n) is 0.521. The third kappa shape index (κ3) is 4.64. The maximum Gasteiger partial charge on any atom is 0.332 e. The molecule has 0 spiro atoms. The van der Waals surface area contributed by atoms with Gasteiger partial charge in [0.05, 0.1) is 11.0 Å². The summed E-state index contributed by atoms with van der Waals surface area (Å²) in [5.41, 5.74) is -0.424. The minimum absolute atomic E-state index is 0.116. The molecule has 0 aromatic heterocycles. The summed E-state index contributed by atoms with van der Waals surface area (Å²) >= 11 is 0. The van der Waals surface area contributed by atoms with Crippen molar-refractivity contribution in [2.75, 3.05) is 0 Å². The highest BCUT2D eigenvalue weighted by atomic mass is 32.2. The van der Waals surface area contributed by atoms with Gasteiger partial charge < -0.3 is 5.11 Å². The van der Waals surface area contributed by atoms with Crippen molar-refractivity contribution in [3.63, 3.8) is 0 Å². The number of carboxylic acid groups (broad SMARTS) is 1. The summed E-state index contributed by atoms with van der Waals surface area (Å²) in [6.45, 7) is 3.23. The molecular formula is C6H8O5S. The van der Waals surface area contributed by atoms with Gasteiger partial charge in [-0.3, -0.25) is 4.55 Å². The Morgan fingerprint density at radius 2 is 2.00 bits per heavy atom. The van der Waals surface area contributed by atoms with Crippen molar-refractivity contribution in [2.45, 2.75) is 6.42 Å². The summed E-state index contributed by atoms with van der Waals surface area (Å²) in [5, 5.41) is 8.66. The van der Waals surface area contributed by atoms with E-state index in [-0.39, 0.29) is 11.8 Å². The molecule has 0 rings (SSSR count). The first kappa shape index (κ1) is 10.9. The molecule has 12 heavy (non-hydrogen) atoms. The van der Waals surface area contributed by atoms with Crippen molar-refractivity contribution in [3.05, 3.63) is 23.6 Å². The number of aliphatic carboxylic acids is 1. The van der Waals surface area contributed by atoms with Gasteiger partial charge in [-0.1, -0.05) is 6.08 Å². The molecule has 0 radical (unpaired) electrons. The third-order valence-electron chi connectivity index (χ3n) is 0.930. The summed E-state index contributed by atoms with van der Waals surface area (Å²) in [5.74, 6) is -1.40. The van der Waals surface area contributed by atoms with E-state index in [1.165, 1.54) is 6.08 Å². The molecule has 0 aliphatic heterocycles. The van der Waals surface area contributed by atoms with E-state index in [0.29, 0.717) is 0 Å². The second kappa shape index (κ2) is 4.03. The average molecular weight is 192 g/mol. The molecule has 0 fully saturated rings. The SMILES string of the molecule is C=CC/C(=C\S(=O)(=O)O)C(=O)O. The quantitative estimate of drug-likeness (QED) is 0.382. The molecule has 0 amide bonds. The average Bonchev–Trinajstić information content (AvgIpc) is 1.83. The van der Waals surface area contributed by atoms with Crippen molar-refractivity contribution in [1.29, 1.82) is 0 Å². The van der Waals surface area contributed by atoms with Crippen molar-refractivity contribution in [1.82, 2.24) is 0 Å². The van der Waals surface area contributed by atoms with E-state index in [0.717, 1.165) is 0 Å². The molecule has 2 N–H and O–H groups in total. The van der Waals surface area contributed by atoms with Crippen LogP contribution in [0.3, 0.4) is 0 Å². The molecule has 0 atom stereocenters. The standard InChI is InChI=1S/C6H8O5S/c1-2-3-5(6(7)8)4-12(9,10)11/h2,4H,1,3H2,(H,7,8)(H,9,10,11)/b5-4+. The van der Waals surface area contributed by atoms with Crippen molar-refractivity contribution < 1.29 is 22.9 Å². The Labute approximate surface area is 69.8 Å². The number of allylic oxidation sites excluding steroid dienone is 1. The van der Waals surface area contributed by atoms with E-state index < -0.39 is 21.7 Å². The van der Waals surface area contributed by atoms with Gasteiger partial charge in [0.25, 0.3) is 10.1 Å². The van der Waals surface area contributed by atoms with Crippen LogP contribution in [0.15, 0.2) is 23.6 Å². The molecule has 0 saturated heterocycles. The maximum atomic E-state index is 10.3. The molecule has 6 heteroatoms. The van der Waals surface area contributed by atoms with Crippen LogP contribution in [0.25, 0.3) is 0 Å². The number of rotatable bonds is 4. The van der Waals surface area contributed by atoms with E-state index in [4.69, 9.17) is 9.66 Å². The number of carbonyl (C=O) groups is 1. The lowest BCUT2D eigenvalue weighted by molar-refractivity contribution is -0.132. The van der Waals surface area contributed by atoms with E-state index >= 15 is 0 Å². The first-order valence-corrected chi connectivity index (χ1v) is 4.39. The van der Waals surface area contributed by atoms with E-state index in [1.807, 2.05) is 0 Å². The Morgan fingerprint density at radius 1 is 1.50 bits per heavy atom. The number of hydrogen-bond donors (Lipinski definition) is 2. The Bertz CT molecular complexity index is 311. The molecule has 0 aromatic rings. The van der Waals surface area contributed by atoms with Gasteiger partial charge in [0.2, 0.25) is 0 Å². The van der Waals surface area contributed by atoms with Gasteiger partial charge in [0, 0.05) is 0 Å². The topological polar surface area (TPSA) is 91.7 Å². The van der Waals surface area contributed by atoms with Crippen LogP contribution in [-0.2, 0) is 14.9 Å². The van der Waals surface area contributed by atoms with Crippen LogP contribution in [0.5, 0.6) is 0 Å². The van der Waals surface area contributed by atoms with Crippen LogP contribution < -0.4 is 0 Å². The first-order chi connectivity index (χ1) is 5.37. The Morgan fingerprint density at radius 3 is 2.25 bits per heavy atom. The van der Waals surface area contributed by atoms with Crippen molar-refractivity contribution >= 4 is 16.1 Å². The minimum Gasteiger partial charge on any atom is -0.478 e. The van der Waals surface area contributed by atoms with Gasteiger partial charge in [-0.15, -0.1) is 6.58 Å². The van der Waals surface area contributed by atoms with E-state index in [1.54, 1.807) is 0 Å². The van der Waals surface area contributed by atoms with E-state index in [9.17, 15) is 13.2 Å². The van der Waals surface area contributed by atoms with Crippen LogP contribution in [-0.4, -0.2) is 24.0 Å². The zero-order chi connectivity index (χ0) is 9.78. The van der Waals surface area contributed by atoms with E-state index in [2.05, 4.69) is 6.58 Å². The summed E-state index contributed by atoms with van der Waals surface area (Å²) < 4.78 is 28.7. The number of hydrogen-bond acceptors (Lipinski definition) is 3. The lowest BCUT2D eigenvalue weighted by atomic mass is 10.2. The van der Waals surface area contributed by atoms with Crippen molar-refractivity contribution in [3.8, 4) is 0 Å². The summed E-state index contributed by atoms with van der Waals surface area (Å²) in [7, 11) is -4.38. The van der Waals surface area contributed by atoms with Gasteiger partial charge in [-0.05, 0) is 6.42 Å². The largest absolute Gasteiger partial charge is 0.478 e. The van der Waals surface area contributed by atoms with Gasteiger partial charge in [0.15, 0.2) is 0 Å². The van der Waals surface area contributed by atoms with Crippen LogP contribution >= 0.6 is 0 Å². The highest BCUT2D eigenvalue weighted by molar-refractivity contribution is 7.88.